The van der Waals surface area contributed by atoms with Crippen LogP contribution in [0, 0.1) is 0 Å². The van der Waals surface area contributed by atoms with Gasteiger partial charge in [-0.25, -0.2) is 0 Å². The lowest BCUT2D eigenvalue weighted by molar-refractivity contribution is 0.326. The topological polar surface area (TPSA) is 81.4 Å². The second-order valence-electron chi connectivity index (χ2n) is 1.19. The Kier molecular flexibility index (Phi) is 3.40. The summed E-state index contributed by atoms with van der Waals surface area (Å²) in [6.45, 7) is 3.39. The van der Waals surface area contributed by atoms with E-state index in [0.29, 0.717) is 0 Å². The molecule has 0 spiro atoms. The van der Waals surface area contributed by atoms with Crippen molar-refractivity contribution in [2.75, 3.05) is 6.54 Å². The molecule has 0 aliphatic rings. The average Bonchev–Trinajstić information content (AvgIpc) is 1.84. The Bertz CT molecular complexity index is 173. The smallest absolute Gasteiger partial charge is 0.196 e. The Morgan fingerprint density at radius 1 is 1.78 bits per heavy atom. The van der Waals surface area contributed by atoms with Crippen molar-refractivity contribution in [3.05, 3.63) is 12.7 Å². The van der Waals surface area contributed by atoms with Crippen molar-refractivity contribution < 1.29 is 12.7 Å². The van der Waals surface area contributed by atoms with Gasteiger partial charge in [-0.15, -0.1) is 6.58 Å². The second kappa shape index (κ2) is 3.57. The maximum absolute atomic E-state index is 10.3. The minimum atomic E-state index is -3.73. The van der Waals surface area contributed by atoms with E-state index in [9.17, 15) is 8.42 Å². The molecule has 0 heterocycles. The fourth-order valence-electron chi connectivity index (χ4n) is 0.195. The standard InChI is InChI=1S/C3H8N2O3S/c1-2-3-5-9(6,7)8-4/h2,5H,1,3-4H2. The van der Waals surface area contributed by atoms with E-state index in [2.05, 4.69) is 16.8 Å². The molecule has 0 atom stereocenters. The van der Waals surface area contributed by atoms with Crippen LogP contribution in [0.3, 0.4) is 0 Å². The predicted molar refractivity (Wildman–Crippen MR) is 32.4 cm³/mol. The molecule has 0 bridgehead atoms. The Balaban J connectivity index is 3.74. The second-order valence-corrected chi connectivity index (χ2v) is 2.58. The number of nitrogens with two attached hydrogens (primary N) is 1. The maximum Gasteiger partial charge on any atom is 0.352 e. The zero-order valence-corrected chi connectivity index (χ0v) is 5.52. The van der Waals surface area contributed by atoms with Crippen LogP contribution in [0.4, 0.5) is 0 Å². The van der Waals surface area contributed by atoms with Crippen molar-refractivity contribution in [3.63, 3.8) is 0 Å². The molecular formula is C3H8N2O3S. The predicted octanol–water partition coefficient (Wildman–Crippen LogP) is -1.10. The van der Waals surface area contributed by atoms with Gasteiger partial charge in [-0.05, 0) is 0 Å². The Hall–Kier alpha value is -0.430. The third-order valence-corrected chi connectivity index (χ3v) is 1.30. The summed E-state index contributed by atoms with van der Waals surface area (Å²) in [5.41, 5.74) is 0. The van der Waals surface area contributed by atoms with E-state index >= 15 is 0 Å². The van der Waals surface area contributed by atoms with E-state index < -0.39 is 10.3 Å². The van der Waals surface area contributed by atoms with Gasteiger partial charge in [-0.1, -0.05) is 6.08 Å². The van der Waals surface area contributed by atoms with Crippen LogP contribution in [-0.2, 0) is 14.6 Å². The van der Waals surface area contributed by atoms with E-state index in [1.165, 1.54) is 6.08 Å². The van der Waals surface area contributed by atoms with Gasteiger partial charge in [0.2, 0.25) is 0 Å². The zero-order chi connectivity index (χ0) is 7.33. The normalized spacial score (nSPS) is 11.2. The molecule has 54 valence electrons. The summed E-state index contributed by atoms with van der Waals surface area (Å²) in [7, 11) is -3.73. The molecule has 0 saturated carbocycles. The minimum Gasteiger partial charge on any atom is -0.196 e. The summed E-state index contributed by atoms with van der Waals surface area (Å²) in [5, 5.41) is 0. The molecule has 0 aliphatic heterocycles. The van der Waals surface area contributed by atoms with Gasteiger partial charge >= 0.3 is 10.3 Å². The van der Waals surface area contributed by atoms with E-state index in [0.717, 1.165) is 0 Å². The molecule has 0 aliphatic carbocycles. The number of rotatable bonds is 4. The first-order chi connectivity index (χ1) is 4.12. The summed E-state index contributed by atoms with van der Waals surface area (Å²) in [4.78, 5) is 0. The van der Waals surface area contributed by atoms with E-state index in [1.54, 1.807) is 0 Å². The first-order valence-corrected chi connectivity index (χ1v) is 3.52. The van der Waals surface area contributed by atoms with Crippen LogP contribution < -0.4 is 10.6 Å². The van der Waals surface area contributed by atoms with Gasteiger partial charge in [0.1, 0.15) is 0 Å². The molecule has 0 rings (SSSR count). The van der Waals surface area contributed by atoms with Gasteiger partial charge in [-0.2, -0.15) is 23.3 Å². The molecule has 0 aromatic rings. The molecule has 3 N–H and O–H groups in total. The van der Waals surface area contributed by atoms with Crippen molar-refractivity contribution in [1.29, 1.82) is 0 Å². The molecule has 9 heavy (non-hydrogen) atoms. The molecule has 0 aromatic heterocycles. The van der Waals surface area contributed by atoms with Crippen LogP contribution in [0.25, 0.3) is 0 Å². The molecule has 0 unspecified atom stereocenters. The van der Waals surface area contributed by atoms with E-state index in [1.807, 2.05) is 4.72 Å². The van der Waals surface area contributed by atoms with Crippen LogP contribution in [-0.4, -0.2) is 15.0 Å². The molecular weight excluding hydrogens is 144 g/mol. The molecule has 6 heteroatoms. The summed E-state index contributed by atoms with van der Waals surface area (Å²) < 4.78 is 26.0. The molecule has 0 fully saturated rings. The summed E-state index contributed by atoms with van der Waals surface area (Å²) in [5.74, 6) is 4.36. The number of nitrogens with one attached hydrogen (secondary N) is 1. The van der Waals surface area contributed by atoms with Crippen LogP contribution in [0.15, 0.2) is 12.7 Å². The summed E-state index contributed by atoms with van der Waals surface area (Å²) >= 11 is 0. The summed E-state index contributed by atoms with van der Waals surface area (Å²) in [6, 6.07) is 0. The lowest BCUT2D eigenvalue weighted by atomic mass is 10.7. The van der Waals surface area contributed by atoms with Crippen molar-refractivity contribution in [1.82, 2.24) is 4.72 Å². The largest absolute Gasteiger partial charge is 0.352 e. The SMILES string of the molecule is C=CCNS(=O)(=O)ON. The molecule has 0 saturated heterocycles. The third-order valence-electron chi connectivity index (χ3n) is 0.531. The lowest BCUT2D eigenvalue weighted by Gasteiger charge is -1.97. The van der Waals surface area contributed by atoms with Gasteiger partial charge in [0.15, 0.2) is 0 Å². The van der Waals surface area contributed by atoms with Gasteiger partial charge in [0.05, 0.1) is 0 Å². The number of hydrogen-bond acceptors (Lipinski definition) is 4. The monoisotopic (exact) mass is 152 g/mol. The Morgan fingerprint density at radius 2 is 2.33 bits per heavy atom. The van der Waals surface area contributed by atoms with Crippen molar-refractivity contribution in [3.8, 4) is 0 Å². The van der Waals surface area contributed by atoms with Gasteiger partial charge in [0.25, 0.3) is 0 Å². The van der Waals surface area contributed by atoms with E-state index in [-0.39, 0.29) is 6.54 Å². The van der Waals surface area contributed by atoms with Gasteiger partial charge < -0.3 is 0 Å². The molecule has 0 radical (unpaired) electrons. The van der Waals surface area contributed by atoms with Crippen molar-refractivity contribution in [2.24, 2.45) is 5.90 Å². The first-order valence-electron chi connectivity index (χ1n) is 2.11. The Morgan fingerprint density at radius 3 is 2.67 bits per heavy atom. The lowest BCUT2D eigenvalue weighted by Crippen LogP contribution is -2.28. The Labute approximate surface area is 53.7 Å². The highest BCUT2D eigenvalue weighted by atomic mass is 32.2. The zero-order valence-electron chi connectivity index (χ0n) is 4.70. The van der Waals surface area contributed by atoms with Crippen molar-refractivity contribution >= 4 is 10.3 Å². The van der Waals surface area contributed by atoms with Gasteiger partial charge in [0, 0.05) is 6.54 Å². The highest BCUT2D eigenvalue weighted by molar-refractivity contribution is 7.84. The van der Waals surface area contributed by atoms with Crippen molar-refractivity contribution in [2.45, 2.75) is 0 Å². The van der Waals surface area contributed by atoms with Crippen LogP contribution in [0.5, 0.6) is 0 Å². The summed E-state index contributed by atoms with van der Waals surface area (Å²) in [6.07, 6.45) is 1.37. The third kappa shape index (κ3) is 4.10. The van der Waals surface area contributed by atoms with Crippen LogP contribution >= 0.6 is 0 Å². The average molecular weight is 152 g/mol. The minimum absolute atomic E-state index is 0.111. The highest BCUT2D eigenvalue weighted by Gasteiger charge is 2.03. The fourth-order valence-corrected chi connectivity index (χ4v) is 0.585. The highest BCUT2D eigenvalue weighted by Crippen LogP contribution is 1.77. The van der Waals surface area contributed by atoms with E-state index in [4.69, 9.17) is 0 Å². The number of hydrogen-bond donors (Lipinski definition) is 2. The van der Waals surface area contributed by atoms with Gasteiger partial charge in [-0.3, -0.25) is 0 Å². The quantitative estimate of drug-likeness (QED) is 0.395. The fraction of sp³-hybridized carbons (Fsp3) is 0.333. The maximum atomic E-state index is 10.3. The first kappa shape index (κ1) is 8.57. The van der Waals surface area contributed by atoms with Crippen LogP contribution in [0.1, 0.15) is 0 Å². The van der Waals surface area contributed by atoms with Crippen LogP contribution in [0.2, 0.25) is 0 Å². The molecule has 5 nitrogen and oxygen atoms in total. The molecule has 0 amide bonds. The molecule has 0 aromatic carbocycles.